The van der Waals surface area contributed by atoms with Crippen LogP contribution in [0.1, 0.15) is 21.7 Å². The molecule has 0 spiro atoms. The Morgan fingerprint density at radius 2 is 2.24 bits per heavy atom. The van der Waals surface area contributed by atoms with Crippen molar-refractivity contribution in [1.82, 2.24) is 9.47 Å². The minimum Gasteiger partial charge on any atom is -0.329 e. The van der Waals surface area contributed by atoms with Gasteiger partial charge in [-0.1, -0.05) is 0 Å². The molecule has 7 heteroatoms. The first-order valence-electron chi connectivity index (χ1n) is 6.68. The molecule has 1 aliphatic rings. The number of thiazole rings is 1. The number of amides is 2. The van der Waals surface area contributed by atoms with Crippen molar-refractivity contribution in [3.63, 3.8) is 0 Å². The molecule has 3 heterocycles. The van der Waals surface area contributed by atoms with Gasteiger partial charge in [-0.3, -0.25) is 9.59 Å². The monoisotopic (exact) mass is 321 g/mol. The Labute approximate surface area is 130 Å². The van der Waals surface area contributed by atoms with Gasteiger partial charge in [0.15, 0.2) is 4.80 Å². The molecule has 2 aromatic rings. The van der Waals surface area contributed by atoms with E-state index in [1.54, 1.807) is 20.8 Å². The summed E-state index contributed by atoms with van der Waals surface area (Å²) in [6.45, 7) is 0.657. The Morgan fingerprint density at radius 3 is 3.00 bits per heavy atom. The molecule has 0 bridgehead atoms. The molecule has 0 unspecified atom stereocenters. The lowest BCUT2D eigenvalue weighted by Gasteiger charge is -2.18. The normalized spacial score (nSPS) is 16.0. The Bertz CT molecular complexity index is 741. The van der Waals surface area contributed by atoms with Crippen molar-refractivity contribution >= 4 is 34.5 Å². The van der Waals surface area contributed by atoms with E-state index < -0.39 is 0 Å². The van der Waals surface area contributed by atoms with Crippen LogP contribution in [0.15, 0.2) is 28.0 Å². The Kier molecular flexibility index (Phi) is 4.03. The highest BCUT2D eigenvalue weighted by atomic mass is 32.1. The zero-order chi connectivity index (χ0) is 14.8. The molecular weight excluding hydrogens is 306 g/mol. The number of hydrogen-bond acceptors (Lipinski definition) is 4. The summed E-state index contributed by atoms with van der Waals surface area (Å²) in [6.07, 6.45) is 3.64. The lowest BCUT2D eigenvalue weighted by atomic mass is 10.2. The Morgan fingerprint density at radius 1 is 1.38 bits per heavy atom. The second-order valence-electron chi connectivity index (χ2n) is 4.89. The number of aryl methyl sites for hydroxylation is 2. The third-order valence-corrected chi connectivity index (χ3v) is 5.23. The van der Waals surface area contributed by atoms with Crippen molar-refractivity contribution in [2.24, 2.45) is 12.0 Å². The summed E-state index contributed by atoms with van der Waals surface area (Å²) < 4.78 is 1.80. The summed E-state index contributed by atoms with van der Waals surface area (Å²) in [5.74, 6) is -0.331. The van der Waals surface area contributed by atoms with Gasteiger partial charge in [-0.25, -0.2) is 0 Å². The molecule has 0 saturated carbocycles. The fourth-order valence-corrected chi connectivity index (χ4v) is 3.98. The van der Waals surface area contributed by atoms with E-state index >= 15 is 0 Å². The van der Waals surface area contributed by atoms with Gasteiger partial charge >= 0.3 is 0 Å². The molecule has 1 aliphatic heterocycles. The van der Waals surface area contributed by atoms with E-state index in [0.29, 0.717) is 11.3 Å². The molecule has 0 aromatic carbocycles. The number of aromatic nitrogens is 1. The summed E-state index contributed by atoms with van der Waals surface area (Å²) in [5, 5.41) is 3.81. The van der Waals surface area contributed by atoms with Gasteiger partial charge in [-0.2, -0.15) is 4.99 Å². The maximum atomic E-state index is 12.4. The number of thiophene rings is 1. The van der Waals surface area contributed by atoms with Crippen molar-refractivity contribution in [1.29, 1.82) is 0 Å². The summed E-state index contributed by atoms with van der Waals surface area (Å²) in [4.78, 5) is 32.0. The molecule has 0 aliphatic carbocycles. The van der Waals surface area contributed by atoms with Crippen LogP contribution in [0.3, 0.4) is 0 Å². The van der Waals surface area contributed by atoms with E-state index in [9.17, 15) is 9.59 Å². The molecule has 0 atom stereocenters. The topological polar surface area (TPSA) is 54.7 Å². The standard InChI is InChI=1S/C14H15N3O2S2/c1-16-6-8-21-14(16)15-12(18)9-17-5-2-3-11-10(13(17)19)4-7-20-11/h4,6-8H,2-3,5,9H2,1H3. The summed E-state index contributed by atoms with van der Waals surface area (Å²) in [5.41, 5.74) is 0.743. The number of carbonyl (C=O) groups excluding carboxylic acids is 2. The Balaban J connectivity index is 1.78. The molecule has 21 heavy (non-hydrogen) atoms. The third-order valence-electron chi connectivity index (χ3n) is 3.40. The molecule has 0 fully saturated rings. The van der Waals surface area contributed by atoms with Crippen molar-refractivity contribution in [2.45, 2.75) is 12.8 Å². The van der Waals surface area contributed by atoms with Gasteiger partial charge in [0, 0.05) is 30.0 Å². The van der Waals surface area contributed by atoms with Crippen LogP contribution in [0.25, 0.3) is 0 Å². The van der Waals surface area contributed by atoms with Crippen LogP contribution in [0.4, 0.5) is 0 Å². The lowest BCUT2D eigenvalue weighted by Crippen LogP contribution is -2.35. The van der Waals surface area contributed by atoms with Crippen LogP contribution in [0.5, 0.6) is 0 Å². The molecule has 3 rings (SSSR count). The smallest absolute Gasteiger partial charge is 0.267 e. The van der Waals surface area contributed by atoms with Gasteiger partial charge in [-0.15, -0.1) is 22.7 Å². The molecule has 2 aromatic heterocycles. The van der Waals surface area contributed by atoms with Crippen LogP contribution in [-0.2, 0) is 18.3 Å². The first-order chi connectivity index (χ1) is 10.1. The van der Waals surface area contributed by atoms with E-state index in [-0.39, 0.29) is 18.4 Å². The van der Waals surface area contributed by atoms with Crippen LogP contribution < -0.4 is 4.80 Å². The zero-order valence-corrected chi connectivity index (χ0v) is 13.2. The van der Waals surface area contributed by atoms with Crippen molar-refractivity contribution in [3.05, 3.63) is 38.3 Å². The zero-order valence-electron chi connectivity index (χ0n) is 11.6. The molecule has 110 valence electrons. The van der Waals surface area contributed by atoms with Crippen molar-refractivity contribution in [3.8, 4) is 0 Å². The minimum absolute atomic E-state index is 0.0476. The maximum Gasteiger partial charge on any atom is 0.267 e. The average molecular weight is 321 g/mol. The van der Waals surface area contributed by atoms with Crippen LogP contribution >= 0.6 is 22.7 Å². The molecule has 5 nitrogen and oxygen atoms in total. The fourth-order valence-electron chi connectivity index (χ4n) is 2.32. The highest BCUT2D eigenvalue weighted by Gasteiger charge is 2.24. The van der Waals surface area contributed by atoms with Crippen molar-refractivity contribution in [2.75, 3.05) is 13.1 Å². The highest BCUT2D eigenvalue weighted by Crippen LogP contribution is 2.23. The average Bonchev–Trinajstić information content (AvgIpc) is 3.04. The van der Waals surface area contributed by atoms with E-state index in [4.69, 9.17) is 0 Å². The van der Waals surface area contributed by atoms with E-state index in [1.165, 1.54) is 11.3 Å². The Hall–Kier alpha value is -1.73. The number of rotatable bonds is 2. The quantitative estimate of drug-likeness (QED) is 0.845. The predicted octanol–water partition coefficient (Wildman–Crippen LogP) is 1.66. The van der Waals surface area contributed by atoms with Gasteiger partial charge < -0.3 is 9.47 Å². The van der Waals surface area contributed by atoms with Gasteiger partial charge in [0.05, 0.1) is 5.56 Å². The van der Waals surface area contributed by atoms with Gasteiger partial charge in [0.1, 0.15) is 6.54 Å². The van der Waals surface area contributed by atoms with E-state index in [1.807, 2.05) is 30.1 Å². The van der Waals surface area contributed by atoms with Crippen LogP contribution in [-0.4, -0.2) is 34.4 Å². The third kappa shape index (κ3) is 2.98. The van der Waals surface area contributed by atoms with E-state index in [0.717, 1.165) is 23.3 Å². The first kappa shape index (κ1) is 14.2. The van der Waals surface area contributed by atoms with E-state index in [2.05, 4.69) is 4.99 Å². The van der Waals surface area contributed by atoms with Crippen LogP contribution in [0, 0.1) is 0 Å². The number of nitrogens with zero attached hydrogens (tertiary/aromatic N) is 3. The predicted molar refractivity (Wildman–Crippen MR) is 82.4 cm³/mol. The molecular formula is C14H15N3O2S2. The minimum atomic E-state index is -0.278. The summed E-state index contributed by atoms with van der Waals surface area (Å²) in [6, 6.07) is 1.85. The summed E-state index contributed by atoms with van der Waals surface area (Å²) >= 11 is 3.02. The molecule has 0 radical (unpaired) electrons. The highest BCUT2D eigenvalue weighted by molar-refractivity contribution is 7.10. The lowest BCUT2D eigenvalue weighted by molar-refractivity contribution is -0.118. The second-order valence-corrected chi connectivity index (χ2v) is 6.76. The van der Waals surface area contributed by atoms with Gasteiger partial charge in [-0.05, 0) is 24.3 Å². The van der Waals surface area contributed by atoms with Crippen molar-refractivity contribution < 1.29 is 9.59 Å². The number of fused-ring (bicyclic) bond motifs is 1. The summed E-state index contributed by atoms with van der Waals surface area (Å²) in [7, 11) is 1.84. The maximum absolute atomic E-state index is 12.4. The largest absolute Gasteiger partial charge is 0.329 e. The first-order valence-corrected chi connectivity index (χ1v) is 8.44. The van der Waals surface area contributed by atoms with Crippen LogP contribution in [0.2, 0.25) is 0 Å². The molecule has 0 N–H and O–H groups in total. The molecule has 2 amide bonds. The molecule has 0 saturated heterocycles. The fraction of sp³-hybridized carbons (Fsp3) is 0.357. The number of carbonyl (C=O) groups is 2. The second kappa shape index (κ2) is 5.95. The van der Waals surface area contributed by atoms with Gasteiger partial charge in [0.2, 0.25) is 0 Å². The number of hydrogen-bond donors (Lipinski definition) is 0. The SMILES string of the molecule is Cn1ccsc1=NC(=O)CN1CCCc2sccc2C1=O. The van der Waals surface area contributed by atoms with Gasteiger partial charge in [0.25, 0.3) is 11.8 Å².